The van der Waals surface area contributed by atoms with Gasteiger partial charge in [-0.2, -0.15) is 0 Å². The van der Waals surface area contributed by atoms with Crippen molar-refractivity contribution in [1.29, 1.82) is 0 Å². The lowest BCUT2D eigenvalue weighted by atomic mass is 10.0. The molecule has 0 radical (unpaired) electrons. The zero-order chi connectivity index (χ0) is 16.4. The molecule has 1 amide bonds. The molecule has 122 valence electrons. The molecule has 1 fully saturated rings. The van der Waals surface area contributed by atoms with Crippen LogP contribution in [0.3, 0.4) is 0 Å². The molecule has 0 bridgehead atoms. The van der Waals surface area contributed by atoms with E-state index in [-0.39, 0.29) is 23.3 Å². The third-order valence-corrected chi connectivity index (χ3v) is 6.61. The van der Waals surface area contributed by atoms with E-state index in [0.717, 1.165) is 5.56 Å². The lowest BCUT2D eigenvalue weighted by Gasteiger charge is -2.20. The van der Waals surface area contributed by atoms with Gasteiger partial charge in [-0.25, -0.2) is 13.4 Å². The summed E-state index contributed by atoms with van der Waals surface area (Å²) < 4.78 is 22.8. The van der Waals surface area contributed by atoms with Crippen LogP contribution in [0.1, 0.15) is 12.8 Å². The van der Waals surface area contributed by atoms with E-state index in [1.165, 1.54) is 11.3 Å². The van der Waals surface area contributed by atoms with Gasteiger partial charge >= 0.3 is 0 Å². The van der Waals surface area contributed by atoms with Crippen molar-refractivity contribution in [3.05, 3.63) is 34.7 Å². The zero-order valence-corrected chi connectivity index (χ0v) is 14.5. The molecule has 2 aromatic rings. The van der Waals surface area contributed by atoms with E-state index in [9.17, 15) is 13.2 Å². The fraction of sp³-hybridized carbons (Fsp3) is 0.333. The fourth-order valence-electron chi connectivity index (χ4n) is 2.48. The quantitative estimate of drug-likeness (QED) is 0.899. The minimum atomic E-state index is -2.97. The summed E-state index contributed by atoms with van der Waals surface area (Å²) in [5, 5.41) is 5.72. The zero-order valence-electron chi connectivity index (χ0n) is 12.2. The number of benzene rings is 1. The molecular formula is C15H15ClN2O3S2. The fourth-order valence-corrected chi connectivity index (χ4v) is 4.92. The van der Waals surface area contributed by atoms with Crippen molar-refractivity contribution in [2.75, 3.05) is 16.8 Å². The highest BCUT2D eigenvalue weighted by Gasteiger charge is 2.28. The molecule has 1 aromatic heterocycles. The van der Waals surface area contributed by atoms with Crippen LogP contribution >= 0.6 is 22.9 Å². The first-order chi connectivity index (χ1) is 10.9. The number of sulfone groups is 1. The van der Waals surface area contributed by atoms with Crippen LogP contribution in [0, 0.1) is 5.92 Å². The van der Waals surface area contributed by atoms with Crippen molar-refractivity contribution in [3.8, 4) is 11.3 Å². The minimum Gasteiger partial charge on any atom is -0.302 e. The van der Waals surface area contributed by atoms with Gasteiger partial charge in [0.25, 0.3) is 0 Å². The van der Waals surface area contributed by atoms with Crippen LogP contribution in [-0.4, -0.2) is 30.8 Å². The number of hydrogen-bond acceptors (Lipinski definition) is 5. The van der Waals surface area contributed by atoms with Gasteiger partial charge in [0.1, 0.15) is 9.84 Å². The first kappa shape index (κ1) is 16.4. The van der Waals surface area contributed by atoms with Gasteiger partial charge in [-0.1, -0.05) is 29.8 Å². The van der Waals surface area contributed by atoms with Gasteiger partial charge in [-0.15, -0.1) is 11.3 Å². The van der Waals surface area contributed by atoms with Crippen molar-refractivity contribution in [2.45, 2.75) is 12.8 Å². The number of hydrogen-bond donors (Lipinski definition) is 1. The summed E-state index contributed by atoms with van der Waals surface area (Å²) in [5.74, 6) is -0.284. The van der Waals surface area contributed by atoms with E-state index >= 15 is 0 Å². The summed E-state index contributed by atoms with van der Waals surface area (Å²) in [5.41, 5.74) is 1.52. The number of carbonyl (C=O) groups is 1. The van der Waals surface area contributed by atoms with Gasteiger partial charge in [-0.05, 0) is 18.9 Å². The number of thiazole rings is 1. The highest BCUT2D eigenvalue weighted by atomic mass is 35.5. The van der Waals surface area contributed by atoms with Crippen molar-refractivity contribution in [1.82, 2.24) is 4.98 Å². The molecule has 1 aliphatic heterocycles. The molecule has 0 atom stereocenters. The second-order valence-electron chi connectivity index (χ2n) is 5.43. The lowest BCUT2D eigenvalue weighted by molar-refractivity contribution is -0.120. The van der Waals surface area contributed by atoms with Gasteiger partial charge in [0.05, 0.1) is 17.2 Å². The smallest absolute Gasteiger partial charge is 0.229 e. The molecule has 0 unspecified atom stereocenters. The van der Waals surface area contributed by atoms with Crippen LogP contribution < -0.4 is 5.32 Å². The maximum atomic E-state index is 12.2. The number of anilines is 1. The normalized spacial score (nSPS) is 17.8. The van der Waals surface area contributed by atoms with Gasteiger partial charge in [0.2, 0.25) is 5.91 Å². The SMILES string of the molecule is O=C(Nc1nc(-c2ccccc2Cl)cs1)C1CCS(=O)(=O)CC1. The summed E-state index contributed by atoms with van der Waals surface area (Å²) in [6, 6.07) is 7.38. The highest BCUT2D eigenvalue weighted by molar-refractivity contribution is 7.91. The third-order valence-electron chi connectivity index (χ3n) is 3.81. The Morgan fingerprint density at radius 1 is 1.26 bits per heavy atom. The Bertz CT molecular complexity index is 819. The molecule has 23 heavy (non-hydrogen) atoms. The van der Waals surface area contributed by atoms with E-state index in [1.54, 1.807) is 6.07 Å². The molecule has 1 N–H and O–H groups in total. The molecule has 0 saturated carbocycles. The molecule has 1 aromatic carbocycles. The molecule has 0 aliphatic carbocycles. The first-order valence-electron chi connectivity index (χ1n) is 7.16. The standard InChI is InChI=1S/C15H15ClN2O3S2/c16-12-4-2-1-3-11(12)13-9-22-15(17-13)18-14(19)10-5-7-23(20,21)8-6-10/h1-4,9-10H,5-8H2,(H,17,18,19). The summed E-state index contributed by atoms with van der Waals surface area (Å²) in [7, 11) is -2.97. The number of rotatable bonds is 3. The maximum Gasteiger partial charge on any atom is 0.229 e. The van der Waals surface area contributed by atoms with E-state index in [4.69, 9.17) is 11.6 Å². The Morgan fingerprint density at radius 2 is 1.96 bits per heavy atom. The van der Waals surface area contributed by atoms with Gasteiger partial charge in [0.15, 0.2) is 5.13 Å². The maximum absolute atomic E-state index is 12.2. The second kappa shape index (κ2) is 6.59. The molecule has 0 spiro atoms. The predicted molar refractivity (Wildman–Crippen MR) is 92.6 cm³/mol. The van der Waals surface area contributed by atoms with Crippen molar-refractivity contribution in [3.63, 3.8) is 0 Å². The van der Waals surface area contributed by atoms with Crippen LogP contribution in [-0.2, 0) is 14.6 Å². The number of nitrogens with one attached hydrogen (secondary N) is 1. The van der Waals surface area contributed by atoms with Gasteiger partial charge in [-0.3, -0.25) is 4.79 Å². The lowest BCUT2D eigenvalue weighted by Crippen LogP contribution is -2.31. The minimum absolute atomic E-state index is 0.0772. The monoisotopic (exact) mass is 370 g/mol. The van der Waals surface area contributed by atoms with Crippen molar-refractivity contribution < 1.29 is 13.2 Å². The largest absolute Gasteiger partial charge is 0.302 e. The van der Waals surface area contributed by atoms with Crippen LogP contribution in [0.15, 0.2) is 29.6 Å². The van der Waals surface area contributed by atoms with E-state index in [2.05, 4.69) is 10.3 Å². The van der Waals surface area contributed by atoms with Crippen LogP contribution in [0.25, 0.3) is 11.3 Å². The predicted octanol–water partition coefficient (Wildman–Crippen LogP) is 3.23. The number of halogens is 1. The van der Waals surface area contributed by atoms with Crippen molar-refractivity contribution in [2.24, 2.45) is 5.92 Å². The number of nitrogens with zero attached hydrogens (tertiary/aromatic N) is 1. The van der Waals surface area contributed by atoms with E-state index in [1.807, 2.05) is 23.6 Å². The first-order valence-corrected chi connectivity index (χ1v) is 10.2. The molecule has 1 saturated heterocycles. The summed E-state index contributed by atoms with van der Waals surface area (Å²) in [4.78, 5) is 16.6. The van der Waals surface area contributed by atoms with Crippen LogP contribution in [0.5, 0.6) is 0 Å². The second-order valence-corrected chi connectivity index (χ2v) is 9.00. The van der Waals surface area contributed by atoms with Crippen molar-refractivity contribution >= 4 is 43.8 Å². The number of amides is 1. The Balaban J connectivity index is 1.68. The number of aromatic nitrogens is 1. The van der Waals surface area contributed by atoms with E-state index in [0.29, 0.717) is 28.7 Å². The molecular weight excluding hydrogens is 356 g/mol. The van der Waals surface area contributed by atoms with Crippen LogP contribution in [0.4, 0.5) is 5.13 Å². The summed E-state index contributed by atoms with van der Waals surface area (Å²) in [6.45, 7) is 0. The number of carbonyl (C=O) groups excluding carboxylic acids is 1. The molecule has 8 heteroatoms. The summed E-state index contributed by atoms with van der Waals surface area (Å²) in [6.07, 6.45) is 0.744. The van der Waals surface area contributed by atoms with Gasteiger partial charge < -0.3 is 5.32 Å². The Kier molecular flexibility index (Phi) is 4.70. The van der Waals surface area contributed by atoms with Gasteiger partial charge in [0, 0.05) is 21.9 Å². The summed E-state index contributed by atoms with van der Waals surface area (Å²) >= 11 is 7.47. The molecule has 5 nitrogen and oxygen atoms in total. The highest BCUT2D eigenvalue weighted by Crippen LogP contribution is 2.30. The topological polar surface area (TPSA) is 76.1 Å². The average Bonchev–Trinajstić information content (AvgIpc) is 2.95. The molecule has 3 rings (SSSR count). The third kappa shape index (κ3) is 3.91. The van der Waals surface area contributed by atoms with E-state index < -0.39 is 9.84 Å². The Morgan fingerprint density at radius 3 is 2.65 bits per heavy atom. The average molecular weight is 371 g/mol. The molecule has 1 aliphatic rings. The van der Waals surface area contributed by atoms with Crippen LogP contribution in [0.2, 0.25) is 5.02 Å². The Labute approximate surface area is 143 Å². The molecule has 2 heterocycles. The Hall–Kier alpha value is -1.44.